The molecule has 1 amide bonds. The van der Waals surface area contributed by atoms with Crippen molar-refractivity contribution in [3.05, 3.63) is 53.5 Å². The van der Waals surface area contributed by atoms with E-state index in [1.165, 1.54) is 30.2 Å². The molecule has 0 saturated heterocycles. The number of fused-ring (bicyclic) bond motifs is 1. The molecule has 1 aliphatic carbocycles. The summed E-state index contributed by atoms with van der Waals surface area (Å²) in [5.41, 5.74) is 3.71. The van der Waals surface area contributed by atoms with Crippen molar-refractivity contribution in [1.29, 1.82) is 0 Å². The normalized spacial score (nSPS) is 14.7. The van der Waals surface area contributed by atoms with Gasteiger partial charge in [-0.05, 0) is 49.4 Å². The Balaban J connectivity index is 1.62. The van der Waals surface area contributed by atoms with E-state index >= 15 is 0 Å². The molecule has 0 unspecified atom stereocenters. The first-order chi connectivity index (χ1) is 11.7. The Bertz CT molecular complexity index is 859. The number of aromatic nitrogens is 3. The Morgan fingerprint density at radius 2 is 2.21 bits per heavy atom. The zero-order valence-electron chi connectivity index (χ0n) is 13.9. The lowest BCUT2D eigenvalue weighted by atomic mass is 9.85. The Morgan fingerprint density at radius 3 is 2.92 bits per heavy atom. The molecule has 0 bridgehead atoms. The van der Waals surface area contributed by atoms with Crippen molar-refractivity contribution in [2.75, 3.05) is 6.54 Å². The molecule has 0 radical (unpaired) electrons. The number of hydrogen-bond donors (Lipinski definition) is 2. The van der Waals surface area contributed by atoms with Crippen LogP contribution in [0.4, 0.5) is 0 Å². The fourth-order valence-electron chi connectivity index (χ4n) is 3.40. The lowest BCUT2D eigenvalue weighted by Crippen LogP contribution is -2.37. The molecule has 1 saturated carbocycles. The second-order valence-electron chi connectivity index (χ2n) is 6.76. The molecule has 5 heteroatoms. The van der Waals surface area contributed by atoms with Crippen LogP contribution in [-0.4, -0.2) is 32.5 Å². The minimum Gasteiger partial charge on any atom is -0.361 e. The maximum absolute atomic E-state index is 13.0. The molecule has 5 nitrogen and oxygen atoms in total. The van der Waals surface area contributed by atoms with Gasteiger partial charge in [0, 0.05) is 30.2 Å². The van der Waals surface area contributed by atoms with E-state index < -0.39 is 0 Å². The molecule has 4 rings (SSSR count). The first-order valence-corrected chi connectivity index (χ1v) is 8.57. The van der Waals surface area contributed by atoms with Gasteiger partial charge in [-0.25, -0.2) is 0 Å². The molecule has 1 aromatic carbocycles. The van der Waals surface area contributed by atoms with Crippen molar-refractivity contribution in [3.8, 4) is 0 Å². The first kappa shape index (κ1) is 15.0. The Morgan fingerprint density at radius 1 is 1.33 bits per heavy atom. The smallest absolute Gasteiger partial charge is 0.272 e. The van der Waals surface area contributed by atoms with Crippen molar-refractivity contribution < 1.29 is 4.79 Å². The van der Waals surface area contributed by atoms with Gasteiger partial charge in [-0.3, -0.25) is 9.89 Å². The van der Waals surface area contributed by atoms with Crippen molar-refractivity contribution in [2.45, 2.75) is 32.7 Å². The molecular formula is C19H22N4O. The van der Waals surface area contributed by atoms with Crippen LogP contribution in [0, 0.1) is 12.8 Å². The average molecular weight is 322 g/mol. The van der Waals surface area contributed by atoms with Gasteiger partial charge in [0.15, 0.2) is 0 Å². The van der Waals surface area contributed by atoms with E-state index in [1.54, 1.807) is 0 Å². The summed E-state index contributed by atoms with van der Waals surface area (Å²) < 4.78 is 0. The molecule has 24 heavy (non-hydrogen) atoms. The van der Waals surface area contributed by atoms with Gasteiger partial charge < -0.3 is 9.88 Å². The second-order valence-corrected chi connectivity index (χ2v) is 6.76. The number of benzene rings is 1. The number of amides is 1. The number of H-pyrrole nitrogens is 2. The fourth-order valence-corrected chi connectivity index (χ4v) is 3.40. The summed E-state index contributed by atoms with van der Waals surface area (Å²) in [6, 6.07) is 10.1. The van der Waals surface area contributed by atoms with E-state index in [-0.39, 0.29) is 5.91 Å². The van der Waals surface area contributed by atoms with E-state index in [4.69, 9.17) is 0 Å². The molecule has 2 aromatic heterocycles. The molecule has 2 heterocycles. The van der Waals surface area contributed by atoms with E-state index in [9.17, 15) is 4.79 Å². The van der Waals surface area contributed by atoms with Crippen LogP contribution in [0.2, 0.25) is 0 Å². The van der Waals surface area contributed by atoms with Crippen LogP contribution in [0.5, 0.6) is 0 Å². The van der Waals surface area contributed by atoms with Crippen LogP contribution >= 0.6 is 0 Å². The van der Waals surface area contributed by atoms with Gasteiger partial charge >= 0.3 is 0 Å². The van der Waals surface area contributed by atoms with Crippen LogP contribution in [0.1, 0.15) is 41.0 Å². The average Bonchev–Trinajstić information content (AvgIpc) is 3.17. The number of nitrogens with zero attached hydrogens (tertiary/aromatic N) is 2. The maximum atomic E-state index is 13.0. The predicted octanol–water partition coefficient (Wildman–Crippen LogP) is 3.64. The lowest BCUT2D eigenvalue weighted by Gasteiger charge is -2.32. The third-order valence-corrected chi connectivity index (χ3v) is 4.97. The highest BCUT2D eigenvalue weighted by atomic mass is 16.2. The van der Waals surface area contributed by atoms with E-state index in [1.807, 2.05) is 30.2 Å². The number of hydrogen-bond acceptors (Lipinski definition) is 2. The number of rotatable bonds is 5. The van der Waals surface area contributed by atoms with Crippen LogP contribution in [-0.2, 0) is 6.54 Å². The van der Waals surface area contributed by atoms with E-state index in [2.05, 4.69) is 33.4 Å². The van der Waals surface area contributed by atoms with Crippen LogP contribution < -0.4 is 0 Å². The van der Waals surface area contributed by atoms with E-state index in [0.29, 0.717) is 18.2 Å². The Labute approximate surface area is 141 Å². The minimum absolute atomic E-state index is 0.0371. The number of nitrogens with one attached hydrogen (secondary N) is 2. The zero-order chi connectivity index (χ0) is 16.5. The van der Waals surface area contributed by atoms with Gasteiger partial charge in [-0.2, -0.15) is 5.10 Å². The maximum Gasteiger partial charge on any atom is 0.272 e. The molecule has 124 valence electrons. The zero-order valence-corrected chi connectivity index (χ0v) is 13.9. The standard InChI is InChI=1S/C19H22N4O/c1-13-10-18(22-21-13)19(24)23(11-14-4-2-5-14)12-15-6-3-7-17-16(15)8-9-20-17/h3,6-10,14,20H,2,4-5,11-12H2,1H3,(H,21,22). The molecule has 1 aliphatic rings. The number of carbonyl (C=O) groups is 1. The molecule has 0 aliphatic heterocycles. The monoisotopic (exact) mass is 322 g/mol. The van der Waals surface area contributed by atoms with Crippen LogP contribution in [0.15, 0.2) is 36.5 Å². The van der Waals surface area contributed by atoms with Crippen molar-refractivity contribution in [3.63, 3.8) is 0 Å². The third-order valence-electron chi connectivity index (χ3n) is 4.97. The number of carbonyl (C=O) groups excluding carboxylic acids is 1. The summed E-state index contributed by atoms with van der Waals surface area (Å²) >= 11 is 0. The summed E-state index contributed by atoms with van der Waals surface area (Å²) in [6.45, 7) is 3.34. The second kappa shape index (κ2) is 6.15. The highest BCUT2D eigenvalue weighted by Gasteiger charge is 2.25. The molecule has 2 N–H and O–H groups in total. The van der Waals surface area contributed by atoms with Gasteiger partial charge in [0.2, 0.25) is 0 Å². The lowest BCUT2D eigenvalue weighted by molar-refractivity contribution is 0.0674. The van der Waals surface area contributed by atoms with Crippen molar-refractivity contribution in [2.24, 2.45) is 5.92 Å². The highest BCUT2D eigenvalue weighted by Crippen LogP contribution is 2.29. The summed E-state index contributed by atoms with van der Waals surface area (Å²) in [7, 11) is 0. The van der Waals surface area contributed by atoms with Gasteiger partial charge in [0.25, 0.3) is 5.91 Å². The summed E-state index contributed by atoms with van der Waals surface area (Å²) in [4.78, 5) is 18.2. The van der Waals surface area contributed by atoms with Gasteiger partial charge in [-0.1, -0.05) is 18.6 Å². The molecule has 1 fully saturated rings. The third kappa shape index (κ3) is 2.82. The molecule has 0 atom stereocenters. The number of aryl methyl sites for hydroxylation is 1. The van der Waals surface area contributed by atoms with Gasteiger partial charge in [0.05, 0.1) is 5.69 Å². The minimum atomic E-state index is 0.0371. The summed E-state index contributed by atoms with van der Waals surface area (Å²) in [5.74, 6) is 0.665. The SMILES string of the molecule is Cc1cc(C(=O)N(Cc2cccc3[nH]ccc23)CC2CCC2)[nH]n1. The fraction of sp³-hybridized carbons (Fsp3) is 0.368. The summed E-state index contributed by atoms with van der Waals surface area (Å²) in [6.07, 6.45) is 5.67. The Kier molecular flexibility index (Phi) is 3.84. The van der Waals surface area contributed by atoms with E-state index in [0.717, 1.165) is 17.8 Å². The van der Waals surface area contributed by atoms with Crippen molar-refractivity contribution >= 4 is 16.8 Å². The van der Waals surface area contributed by atoms with Crippen LogP contribution in [0.25, 0.3) is 10.9 Å². The largest absolute Gasteiger partial charge is 0.361 e. The topological polar surface area (TPSA) is 64.8 Å². The summed E-state index contributed by atoms with van der Waals surface area (Å²) in [5, 5.41) is 8.16. The quantitative estimate of drug-likeness (QED) is 0.753. The molecular weight excluding hydrogens is 300 g/mol. The Hall–Kier alpha value is -2.56. The van der Waals surface area contributed by atoms with Crippen molar-refractivity contribution in [1.82, 2.24) is 20.1 Å². The van der Waals surface area contributed by atoms with Crippen LogP contribution in [0.3, 0.4) is 0 Å². The molecule has 3 aromatic rings. The predicted molar refractivity (Wildman–Crippen MR) is 93.7 cm³/mol. The van der Waals surface area contributed by atoms with Gasteiger partial charge in [0.1, 0.15) is 5.69 Å². The number of aromatic amines is 2. The first-order valence-electron chi connectivity index (χ1n) is 8.57. The van der Waals surface area contributed by atoms with Gasteiger partial charge in [-0.15, -0.1) is 0 Å². The molecule has 0 spiro atoms. The highest BCUT2D eigenvalue weighted by molar-refractivity contribution is 5.93.